The third kappa shape index (κ3) is 3.22. The fraction of sp³-hybridized carbons (Fsp3) is 0.533. The maximum absolute atomic E-state index is 11.4. The second-order valence-corrected chi connectivity index (χ2v) is 4.73. The molecule has 0 saturated carbocycles. The predicted octanol–water partition coefficient (Wildman–Crippen LogP) is 1.45. The number of hydrogen-bond donors (Lipinski definition) is 1. The summed E-state index contributed by atoms with van der Waals surface area (Å²) in [7, 11) is 0. The Bertz CT molecular complexity index is 487. The van der Waals surface area contributed by atoms with Gasteiger partial charge in [-0.1, -0.05) is 6.07 Å². The first-order valence-corrected chi connectivity index (χ1v) is 6.97. The summed E-state index contributed by atoms with van der Waals surface area (Å²) in [6, 6.07) is 3.95. The van der Waals surface area contributed by atoms with E-state index in [9.17, 15) is 4.79 Å². The number of ether oxygens (including phenoxy) is 3. The zero-order valence-corrected chi connectivity index (χ0v) is 12.0. The van der Waals surface area contributed by atoms with Gasteiger partial charge in [-0.15, -0.1) is 0 Å². The maximum Gasteiger partial charge on any atom is 0.344 e. The van der Waals surface area contributed by atoms with Gasteiger partial charge in [-0.05, 0) is 38.3 Å². The number of hydrogen-bond acceptors (Lipinski definition) is 5. The maximum atomic E-state index is 11.4. The molecular weight excluding hydrogens is 258 g/mol. The summed E-state index contributed by atoms with van der Waals surface area (Å²) >= 11 is 0. The fourth-order valence-corrected chi connectivity index (χ4v) is 2.43. The van der Waals surface area contributed by atoms with Crippen LogP contribution < -0.4 is 15.2 Å². The lowest BCUT2D eigenvalue weighted by Gasteiger charge is -2.15. The first-order valence-electron chi connectivity index (χ1n) is 6.97. The van der Waals surface area contributed by atoms with Crippen molar-refractivity contribution in [2.24, 2.45) is 5.73 Å². The van der Waals surface area contributed by atoms with Crippen molar-refractivity contribution in [1.29, 1.82) is 0 Å². The molecule has 5 heteroatoms. The number of nitrogens with two attached hydrogens (primary N) is 1. The number of carbonyl (C=O) groups is 1. The molecule has 0 aliphatic heterocycles. The van der Waals surface area contributed by atoms with Crippen molar-refractivity contribution in [3.63, 3.8) is 0 Å². The minimum Gasteiger partial charge on any atom is -0.490 e. The van der Waals surface area contributed by atoms with Crippen LogP contribution in [0.1, 0.15) is 25.0 Å². The Morgan fingerprint density at radius 3 is 2.75 bits per heavy atom. The van der Waals surface area contributed by atoms with E-state index < -0.39 is 0 Å². The average Bonchev–Trinajstić information content (AvgIpc) is 2.79. The SMILES string of the molecule is CCOC(=O)COc1ccc2c(c1OCC)CC(N)C2. The molecule has 0 aromatic heterocycles. The van der Waals surface area contributed by atoms with Gasteiger partial charge in [-0.2, -0.15) is 0 Å². The molecule has 0 saturated heterocycles. The van der Waals surface area contributed by atoms with Crippen LogP contribution in [0.25, 0.3) is 0 Å². The lowest BCUT2D eigenvalue weighted by Crippen LogP contribution is -2.19. The molecule has 0 amide bonds. The number of carbonyl (C=O) groups excluding carboxylic acids is 1. The molecule has 5 nitrogen and oxygen atoms in total. The van der Waals surface area contributed by atoms with Crippen molar-refractivity contribution < 1.29 is 19.0 Å². The van der Waals surface area contributed by atoms with Crippen molar-refractivity contribution >= 4 is 5.97 Å². The van der Waals surface area contributed by atoms with Crippen molar-refractivity contribution in [3.05, 3.63) is 23.3 Å². The van der Waals surface area contributed by atoms with Gasteiger partial charge in [0.2, 0.25) is 0 Å². The van der Waals surface area contributed by atoms with E-state index >= 15 is 0 Å². The van der Waals surface area contributed by atoms with Gasteiger partial charge in [0.1, 0.15) is 0 Å². The van der Waals surface area contributed by atoms with Gasteiger partial charge in [0.05, 0.1) is 13.2 Å². The lowest BCUT2D eigenvalue weighted by atomic mass is 10.1. The number of rotatable bonds is 6. The van der Waals surface area contributed by atoms with Crippen LogP contribution in [-0.4, -0.2) is 31.8 Å². The van der Waals surface area contributed by atoms with Gasteiger partial charge in [-0.3, -0.25) is 0 Å². The highest BCUT2D eigenvalue weighted by atomic mass is 16.6. The third-order valence-corrected chi connectivity index (χ3v) is 3.21. The molecule has 2 rings (SSSR count). The molecule has 1 aromatic carbocycles. The molecule has 0 fully saturated rings. The second kappa shape index (κ2) is 6.61. The molecule has 1 aliphatic rings. The van der Waals surface area contributed by atoms with Gasteiger partial charge in [0.15, 0.2) is 18.1 Å². The van der Waals surface area contributed by atoms with Gasteiger partial charge in [-0.25, -0.2) is 4.79 Å². The summed E-state index contributed by atoms with van der Waals surface area (Å²) < 4.78 is 16.1. The molecule has 1 aliphatic carbocycles. The van der Waals surface area contributed by atoms with Crippen LogP contribution in [0.5, 0.6) is 11.5 Å². The van der Waals surface area contributed by atoms with Crippen LogP contribution in [0.3, 0.4) is 0 Å². The Balaban J connectivity index is 2.16. The summed E-state index contributed by atoms with van der Waals surface area (Å²) in [6.45, 7) is 4.46. The van der Waals surface area contributed by atoms with Gasteiger partial charge < -0.3 is 19.9 Å². The average molecular weight is 279 g/mol. The summed E-state index contributed by atoms with van der Waals surface area (Å²) in [5, 5.41) is 0. The smallest absolute Gasteiger partial charge is 0.344 e. The summed E-state index contributed by atoms with van der Waals surface area (Å²) in [5.41, 5.74) is 8.29. The van der Waals surface area contributed by atoms with E-state index in [0.717, 1.165) is 18.4 Å². The zero-order chi connectivity index (χ0) is 14.5. The number of esters is 1. The Labute approximate surface area is 119 Å². The molecule has 110 valence electrons. The Morgan fingerprint density at radius 2 is 2.05 bits per heavy atom. The van der Waals surface area contributed by atoms with Gasteiger partial charge in [0.25, 0.3) is 0 Å². The molecule has 0 radical (unpaired) electrons. The standard InChI is InChI=1S/C15H21NO4/c1-3-18-14(17)9-20-13-6-5-10-7-11(16)8-12(10)15(13)19-4-2/h5-6,11H,3-4,7-9,16H2,1-2H3. The van der Waals surface area contributed by atoms with Crippen LogP contribution in [-0.2, 0) is 22.4 Å². The topological polar surface area (TPSA) is 70.8 Å². The highest BCUT2D eigenvalue weighted by molar-refractivity contribution is 5.71. The van der Waals surface area contributed by atoms with E-state index in [-0.39, 0.29) is 18.6 Å². The summed E-state index contributed by atoms with van der Waals surface area (Å²) in [4.78, 5) is 11.4. The number of benzene rings is 1. The Hall–Kier alpha value is -1.75. The van der Waals surface area contributed by atoms with Crippen LogP contribution in [0.15, 0.2) is 12.1 Å². The van der Waals surface area contributed by atoms with E-state index in [1.807, 2.05) is 19.1 Å². The van der Waals surface area contributed by atoms with E-state index in [0.29, 0.717) is 24.7 Å². The van der Waals surface area contributed by atoms with Gasteiger partial charge >= 0.3 is 5.97 Å². The highest BCUT2D eigenvalue weighted by Crippen LogP contribution is 2.38. The van der Waals surface area contributed by atoms with E-state index in [1.165, 1.54) is 5.56 Å². The fourth-order valence-electron chi connectivity index (χ4n) is 2.43. The van der Waals surface area contributed by atoms with Crippen LogP contribution in [0.4, 0.5) is 0 Å². The molecule has 0 bridgehead atoms. The Kier molecular flexibility index (Phi) is 4.84. The zero-order valence-electron chi connectivity index (χ0n) is 12.0. The second-order valence-electron chi connectivity index (χ2n) is 4.73. The van der Waals surface area contributed by atoms with Crippen molar-refractivity contribution in [1.82, 2.24) is 0 Å². The normalized spacial score (nSPS) is 16.6. The monoisotopic (exact) mass is 279 g/mol. The molecule has 1 atom stereocenters. The molecule has 2 N–H and O–H groups in total. The summed E-state index contributed by atoms with van der Waals surface area (Å²) in [6.07, 6.45) is 1.63. The predicted molar refractivity (Wildman–Crippen MR) is 75.1 cm³/mol. The lowest BCUT2D eigenvalue weighted by molar-refractivity contribution is -0.145. The van der Waals surface area contributed by atoms with E-state index in [4.69, 9.17) is 19.9 Å². The molecule has 20 heavy (non-hydrogen) atoms. The minimum absolute atomic E-state index is 0.112. The molecular formula is C15H21NO4. The van der Waals surface area contributed by atoms with E-state index in [1.54, 1.807) is 6.92 Å². The van der Waals surface area contributed by atoms with Crippen molar-refractivity contribution in [3.8, 4) is 11.5 Å². The molecule has 1 aromatic rings. The minimum atomic E-state index is -0.382. The molecule has 0 spiro atoms. The largest absolute Gasteiger partial charge is 0.490 e. The van der Waals surface area contributed by atoms with Crippen LogP contribution >= 0.6 is 0 Å². The quantitative estimate of drug-likeness (QED) is 0.798. The van der Waals surface area contributed by atoms with E-state index in [2.05, 4.69) is 0 Å². The first-order chi connectivity index (χ1) is 9.65. The molecule has 0 heterocycles. The van der Waals surface area contributed by atoms with Crippen molar-refractivity contribution in [2.45, 2.75) is 32.7 Å². The third-order valence-electron chi connectivity index (χ3n) is 3.21. The summed E-state index contributed by atoms with van der Waals surface area (Å²) in [5.74, 6) is 0.905. The first kappa shape index (κ1) is 14.7. The Morgan fingerprint density at radius 1 is 1.25 bits per heavy atom. The molecule has 1 unspecified atom stereocenters. The number of fused-ring (bicyclic) bond motifs is 1. The van der Waals surface area contributed by atoms with Crippen molar-refractivity contribution in [2.75, 3.05) is 19.8 Å². The highest BCUT2D eigenvalue weighted by Gasteiger charge is 2.25. The van der Waals surface area contributed by atoms with Gasteiger partial charge in [0, 0.05) is 11.6 Å². The van der Waals surface area contributed by atoms with Crippen LogP contribution in [0, 0.1) is 0 Å². The van der Waals surface area contributed by atoms with Crippen LogP contribution in [0.2, 0.25) is 0 Å².